The number of hydrogen-bond acceptors (Lipinski definition) is 4. The fourth-order valence-corrected chi connectivity index (χ4v) is 1.11. The molecule has 0 fully saturated rings. The Kier molecular flexibility index (Phi) is 12.0. The minimum Gasteiger partial charge on any atom is -0.326 e. The van der Waals surface area contributed by atoms with Crippen molar-refractivity contribution in [2.75, 3.05) is 60.9 Å². The van der Waals surface area contributed by atoms with Crippen LogP contribution in [0.4, 0.5) is 0 Å². The summed E-state index contributed by atoms with van der Waals surface area (Å²) in [6, 6.07) is 0. The van der Waals surface area contributed by atoms with Gasteiger partial charge in [-0.05, 0) is 55.5 Å². The molecule has 4 nitrogen and oxygen atoms in total. The lowest BCUT2D eigenvalue weighted by Crippen LogP contribution is -2.36. The van der Waals surface area contributed by atoms with Crippen molar-refractivity contribution in [2.24, 2.45) is 5.73 Å². The highest BCUT2D eigenvalue weighted by atomic mass is 15.2. The minimum atomic E-state index is 0. The first-order valence-electron chi connectivity index (χ1n) is 6.87. The van der Waals surface area contributed by atoms with E-state index in [2.05, 4.69) is 49.8 Å². The normalized spacial score (nSPS) is 12.0. The zero-order valence-corrected chi connectivity index (χ0v) is 14.0. The zero-order valence-electron chi connectivity index (χ0n) is 14.0. The van der Waals surface area contributed by atoms with Crippen LogP contribution in [0.3, 0.4) is 0 Å². The molecule has 0 heterocycles. The van der Waals surface area contributed by atoms with Crippen molar-refractivity contribution in [3.63, 3.8) is 0 Å². The predicted octanol–water partition coefficient (Wildman–Crippen LogP) is 1.18. The van der Waals surface area contributed by atoms with Gasteiger partial charge in [-0.1, -0.05) is 6.92 Å². The van der Waals surface area contributed by atoms with E-state index in [-0.39, 0.29) is 5.54 Å². The molecule has 0 amide bonds. The van der Waals surface area contributed by atoms with E-state index in [1.165, 1.54) is 13.1 Å². The fourth-order valence-electron chi connectivity index (χ4n) is 1.11. The summed E-state index contributed by atoms with van der Waals surface area (Å²) in [4.78, 5) is 6.96. The molecule has 4 heteroatoms. The molecule has 112 valence electrons. The van der Waals surface area contributed by atoms with Crippen LogP contribution in [0.1, 0.15) is 27.7 Å². The van der Waals surface area contributed by atoms with Crippen LogP contribution in [-0.2, 0) is 0 Å². The Labute approximate surface area is 115 Å². The van der Waals surface area contributed by atoms with Crippen molar-refractivity contribution >= 4 is 0 Å². The SMILES string of the molecule is CC(C)(C)N.CCN(CCN(C)C)CCN(C)C. The molecule has 0 aliphatic carbocycles. The number of hydrogen-bond donors (Lipinski definition) is 1. The summed E-state index contributed by atoms with van der Waals surface area (Å²) in [5, 5.41) is 0. The summed E-state index contributed by atoms with van der Waals surface area (Å²) < 4.78 is 0. The van der Waals surface area contributed by atoms with Crippen LogP contribution in [0.25, 0.3) is 0 Å². The minimum absolute atomic E-state index is 0. The van der Waals surface area contributed by atoms with Crippen LogP contribution >= 0.6 is 0 Å². The van der Waals surface area contributed by atoms with Gasteiger partial charge in [0.1, 0.15) is 0 Å². The van der Waals surface area contributed by atoms with Crippen LogP contribution in [0.5, 0.6) is 0 Å². The highest BCUT2D eigenvalue weighted by molar-refractivity contribution is 4.60. The smallest absolute Gasteiger partial charge is 0.0110 e. The molecule has 0 aliphatic heterocycles. The van der Waals surface area contributed by atoms with Gasteiger partial charge in [-0.2, -0.15) is 0 Å². The van der Waals surface area contributed by atoms with E-state index in [1.807, 2.05) is 20.8 Å². The summed E-state index contributed by atoms with van der Waals surface area (Å²) in [6.07, 6.45) is 0. The van der Waals surface area contributed by atoms with Crippen LogP contribution in [-0.4, -0.2) is 81.2 Å². The van der Waals surface area contributed by atoms with E-state index in [0.29, 0.717) is 0 Å². The summed E-state index contributed by atoms with van der Waals surface area (Å²) in [7, 11) is 8.50. The Balaban J connectivity index is 0. The van der Waals surface area contributed by atoms with Crippen molar-refractivity contribution in [1.82, 2.24) is 14.7 Å². The third-order valence-corrected chi connectivity index (χ3v) is 2.17. The summed E-state index contributed by atoms with van der Waals surface area (Å²) in [5.41, 5.74) is 5.35. The molecule has 0 bridgehead atoms. The standard InChI is InChI=1S/C10H25N3.C4H11N/c1-6-13(9-7-11(2)3)10-8-12(4)5;1-4(2,3)5/h6-10H2,1-5H3;5H2,1-3H3. The van der Waals surface area contributed by atoms with Gasteiger partial charge < -0.3 is 20.4 Å². The average Bonchev–Trinajstić information content (AvgIpc) is 2.14. The Morgan fingerprint density at radius 3 is 1.22 bits per heavy atom. The van der Waals surface area contributed by atoms with Gasteiger partial charge in [0.2, 0.25) is 0 Å². The number of rotatable bonds is 7. The Bertz CT molecular complexity index is 155. The molecule has 0 unspecified atom stereocenters. The van der Waals surface area contributed by atoms with E-state index < -0.39 is 0 Å². The molecule has 0 aromatic carbocycles. The molecule has 0 atom stereocenters. The second-order valence-corrected chi connectivity index (χ2v) is 6.41. The Morgan fingerprint density at radius 2 is 1.06 bits per heavy atom. The summed E-state index contributed by atoms with van der Waals surface area (Å²) in [5.74, 6) is 0. The number of nitrogens with zero attached hydrogens (tertiary/aromatic N) is 3. The van der Waals surface area contributed by atoms with E-state index in [1.54, 1.807) is 0 Å². The van der Waals surface area contributed by atoms with E-state index in [4.69, 9.17) is 5.73 Å². The summed E-state index contributed by atoms with van der Waals surface area (Å²) in [6.45, 7) is 13.9. The van der Waals surface area contributed by atoms with E-state index in [0.717, 1.165) is 19.6 Å². The van der Waals surface area contributed by atoms with Crippen molar-refractivity contribution in [2.45, 2.75) is 33.2 Å². The van der Waals surface area contributed by atoms with Gasteiger partial charge in [-0.3, -0.25) is 0 Å². The molecule has 0 aromatic rings. The number of nitrogens with two attached hydrogens (primary N) is 1. The van der Waals surface area contributed by atoms with Crippen LogP contribution < -0.4 is 5.73 Å². The third kappa shape index (κ3) is 24.9. The Morgan fingerprint density at radius 1 is 0.778 bits per heavy atom. The van der Waals surface area contributed by atoms with Gasteiger partial charge in [0.25, 0.3) is 0 Å². The average molecular weight is 260 g/mol. The van der Waals surface area contributed by atoms with Crippen LogP contribution in [0.2, 0.25) is 0 Å². The molecule has 0 radical (unpaired) electrons. The largest absolute Gasteiger partial charge is 0.326 e. The molecule has 18 heavy (non-hydrogen) atoms. The maximum atomic E-state index is 5.35. The van der Waals surface area contributed by atoms with Crippen molar-refractivity contribution in [3.8, 4) is 0 Å². The quantitative estimate of drug-likeness (QED) is 0.745. The molecule has 0 aliphatic rings. The van der Waals surface area contributed by atoms with Gasteiger partial charge in [0.15, 0.2) is 0 Å². The first kappa shape index (κ1) is 20.2. The lowest BCUT2D eigenvalue weighted by Gasteiger charge is -2.23. The molecule has 0 aromatic heterocycles. The molecular weight excluding hydrogens is 224 g/mol. The van der Waals surface area contributed by atoms with Crippen molar-refractivity contribution in [3.05, 3.63) is 0 Å². The second-order valence-electron chi connectivity index (χ2n) is 6.41. The first-order chi connectivity index (χ1) is 8.06. The highest BCUT2D eigenvalue weighted by Crippen LogP contribution is 1.89. The molecule has 2 N–H and O–H groups in total. The van der Waals surface area contributed by atoms with Gasteiger partial charge in [-0.25, -0.2) is 0 Å². The maximum absolute atomic E-state index is 5.35. The second kappa shape index (κ2) is 10.7. The topological polar surface area (TPSA) is 35.7 Å². The monoisotopic (exact) mass is 260 g/mol. The van der Waals surface area contributed by atoms with Gasteiger partial charge in [-0.15, -0.1) is 0 Å². The molecule has 0 spiro atoms. The summed E-state index contributed by atoms with van der Waals surface area (Å²) >= 11 is 0. The third-order valence-electron chi connectivity index (χ3n) is 2.17. The molecule has 0 rings (SSSR count). The molecule has 0 saturated carbocycles. The van der Waals surface area contributed by atoms with Crippen LogP contribution in [0.15, 0.2) is 0 Å². The highest BCUT2D eigenvalue weighted by Gasteiger charge is 2.02. The van der Waals surface area contributed by atoms with E-state index >= 15 is 0 Å². The fraction of sp³-hybridized carbons (Fsp3) is 1.00. The zero-order chi connectivity index (χ0) is 14.8. The molecular formula is C14H36N4. The van der Waals surface area contributed by atoms with Crippen molar-refractivity contribution in [1.29, 1.82) is 0 Å². The van der Waals surface area contributed by atoms with Gasteiger partial charge in [0.05, 0.1) is 0 Å². The number of likely N-dealkylation sites (N-methyl/N-ethyl adjacent to an activating group) is 3. The molecule has 0 saturated heterocycles. The maximum Gasteiger partial charge on any atom is 0.0110 e. The first-order valence-corrected chi connectivity index (χ1v) is 6.87. The van der Waals surface area contributed by atoms with Gasteiger partial charge in [0, 0.05) is 31.7 Å². The van der Waals surface area contributed by atoms with Gasteiger partial charge >= 0.3 is 0 Å². The van der Waals surface area contributed by atoms with E-state index in [9.17, 15) is 0 Å². The Hall–Kier alpha value is -0.160. The lowest BCUT2D eigenvalue weighted by molar-refractivity contribution is 0.227. The van der Waals surface area contributed by atoms with Crippen LogP contribution in [0, 0.1) is 0 Å². The lowest BCUT2D eigenvalue weighted by atomic mass is 10.1. The van der Waals surface area contributed by atoms with Crippen molar-refractivity contribution < 1.29 is 0 Å². The predicted molar refractivity (Wildman–Crippen MR) is 83.2 cm³/mol.